The third-order valence-corrected chi connectivity index (χ3v) is 8.15. The van der Waals surface area contributed by atoms with E-state index >= 15 is 0 Å². The molecule has 4 rings (SSSR count). The maximum Gasteiger partial charge on any atom is 0.339 e. The monoisotopic (exact) mass is 582 g/mol. The lowest BCUT2D eigenvalue weighted by Gasteiger charge is -2.14. The molecule has 0 aliphatic heterocycles. The Morgan fingerprint density at radius 3 is 1.23 bits per heavy atom. The Hall–Kier alpha value is -4.28. The summed E-state index contributed by atoms with van der Waals surface area (Å²) in [6, 6.07) is 18.4. The molecule has 0 saturated heterocycles. The first-order valence-electron chi connectivity index (χ1n) is 12.0. The van der Waals surface area contributed by atoms with Gasteiger partial charge < -0.3 is 8.37 Å². The van der Waals surface area contributed by atoms with Crippen molar-refractivity contribution in [1.82, 2.24) is 0 Å². The van der Waals surface area contributed by atoms with Gasteiger partial charge in [-0.05, 0) is 97.8 Å². The topological polar surface area (TPSA) is 86.7 Å². The van der Waals surface area contributed by atoms with E-state index < -0.39 is 31.9 Å². The standard InChI is InChI=1S/C30H24F2O6S2/c1-3-5-23-19-21(7-17-29(23)37-39(33,34)27-13-9-25(31)10-14-27)22-8-18-30(24(20-22)6-4-2)38-40(35,36)28-15-11-26(32)12-16-28/h3-20H,1-2H3/b5-3-,6-4-. The van der Waals surface area contributed by atoms with Crippen LogP contribution in [0.5, 0.6) is 11.5 Å². The van der Waals surface area contributed by atoms with Crippen LogP contribution in [0.2, 0.25) is 0 Å². The molecular weight excluding hydrogens is 558 g/mol. The Bertz CT molecular complexity index is 1660. The summed E-state index contributed by atoms with van der Waals surface area (Å²) in [6.07, 6.45) is 6.80. The van der Waals surface area contributed by atoms with Gasteiger partial charge in [0.15, 0.2) is 0 Å². The minimum absolute atomic E-state index is 0.0743. The van der Waals surface area contributed by atoms with Gasteiger partial charge in [-0.15, -0.1) is 0 Å². The molecule has 0 heterocycles. The molecular formula is C30H24F2O6S2. The van der Waals surface area contributed by atoms with Gasteiger partial charge >= 0.3 is 20.2 Å². The molecule has 0 N–H and O–H groups in total. The van der Waals surface area contributed by atoms with E-state index in [1.807, 2.05) is 0 Å². The van der Waals surface area contributed by atoms with Crippen molar-refractivity contribution in [2.45, 2.75) is 23.6 Å². The van der Waals surface area contributed by atoms with Gasteiger partial charge in [-0.3, -0.25) is 0 Å². The fourth-order valence-electron chi connectivity index (χ4n) is 3.76. The molecule has 0 bridgehead atoms. The summed E-state index contributed by atoms with van der Waals surface area (Å²) in [5.41, 5.74) is 2.33. The fraction of sp³-hybridized carbons (Fsp3) is 0.0667. The molecule has 0 fully saturated rings. The molecule has 10 heteroatoms. The van der Waals surface area contributed by atoms with E-state index in [0.29, 0.717) is 22.3 Å². The normalized spacial score (nSPS) is 12.2. The van der Waals surface area contributed by atoms with Crippen LogP contribution in [-0.4, -0.2) is 16.8 Å². The number of benzene rings is 4. The molecule has 4 aromatic rings. The minimum Gasteiger partial charge on any atom is -0.378 e. The molecule has 0 aliphatic carbocycles. The Kier molecular flexibility index (Phi) is 8.51. The van der Waals surface area contributed by atoms with Crippen molar-refractivity contribution >= 4 is 32.4 Å². The molecule has 0 spiro atoms. The van der Waals surface area contributed by atoms with Crippen molar-refractivity contribution in [3.8, 4) is 22.6 Å². The van der Waals surface area contributed by atoms with Gasteiger partial charge in [0, 0.05) is 11.1 Å². The summed E-state index contributed by atoms with van der Waals surface area (Å²) in [5, 5.41) is 0. The van der Waals surface area contributed by atoms with Crippen molar-refractivity contribution < 1.29 is 34.0 Å². The smallest absolute Gasteiger partial charge is 0.339 e. The number of halogens is 2. The van der Waals surface area contributed by atoms with Crippen LogP contribution in [-0.2, 0) is 20.2 Å². The second-order valence-electron chi connectivity index (χ2n) is 8.49. The number of hydrogen-bond donors (Lipinski definition) is 0. The van der Waals surface area contributed by atoms with E-state index in [0.717, 1.165) is 48.5 Å². The molecule has 0 radical (unpaired) electrons. The first kappa shape index (κ1) is 28.7. The Labute approximate surface area is 232 Å². The van der Waals surface area contributed by atoms with E-state index in [4.69, 9.17) is 8.37 Å². The molecule has 40 heavy (non-hydrogen) atoms. The lowest BCUT2D eigenvalue weighted by atomic mass is 9.99. The van der Waals surface area contributed by atoms with Gasteiger partial charge in [-0.25, -0.2) is 8.78 Å². The molecule has 0 unspecified atom stereocenters. The highest BCUT2D eigenvalue weighted by Gasteiger charge is 2.20. The minimum atomic E-state index is -4.21. The first-order chi connectivity index (χ1) is 19.0. The van der Waals surface area contributed by atoms with Gasteiger partial charge in [0.05, 0.1) is 0 Å². The summed E-state index contributed by atoms with van der Waals surface area (Å²) >= 11 is 0. The predicted molar refractivity (Wildman–Crippen MR) is 150 cm³/mol. The van der Waals surface area contributed by atoms with Crippen LogP contribution in [0.3, 0.4) is 0 Å². The van der Waals surface area contributed by atoms with Gasteiger partial charge in [-0.2, -0.15) is 16.8 Å². The number of allylic oxidation sites excluding steroid dienone is 2. The molecule has 4 aromatic carbocycles. The second kappa shape index (κ2) is 11.8. The zero-order valence-electron chi connectivity index (χ0n) is 21.4. The highest BCUT2D eigenvalue weighted by Crippen LogP contribution is 2.34. The Balaban J connectivity index is 1.67. The first-order valence-corrected chi connectivity index (χ1v) is 14.8. The van der Waals surface area contributed by atoms with Crippen LogP contribution in [0.15, 0.2) is 107 Å². The van der Waals surface area contributed by atoms with E-state index in [9.17, 15) is 25.6 Å². The zero-order valence-corrected chi connectivity index (χ0v) is 23.0. The highest BCUT2D eigenvalue weighted by atomic mass is 32.2. The maximum atomic E-state index is 13.2. The van der Waals surface area contributed by atoms with Gasteiger partial charge in [0.25, 0.3) is 0 Å². The molecule has 206 valence electrons. The summed E-state index contributed by atoms with van der Waals surface area (Å²) in [6.45, 7) is 3.53. The third-order valence-electron chi connectivity index (χ3n) is 5.65. The summed E-state index contributed by atoms with van der Waals surface area (Å²) in [7, 11) is -8.43. The molecule has 0 aliphatic rings. The number of hydrogen-bond acceptors (Lipinski definition) is 6. The van der Waals surface area contributed by atoms with Crippen LogP contribution in [0.4, 0.5) is 8.78 Å². The van der Waals surface area contributed by atoms with E-state index in [2.05, 4.69) is 0 Å². The lowest BCUT2D eigenvalue weighted by molar-refractivity contribution is 0.483. The maximum absolute atomic E-state index is 13.2. The molecule has 0 atom stereocenters. The van der Waals surface area contributed by atoms with Gasteiger partial charge in [0.2, 0.25) is 0 Å². The van der Waals surface area contributed by atoms with Crippen LogP contribution in [0.1, 0.15) is 25.0 Å². The zero-order chi connectivity index (χ0) is 28.9. The average molecular weight is 583 g/mol. The SMILES string of the molecule is C/C=C\c1cc(-c2ccc(OS(=O)(=O)c3ccc(F)cc3)c(/C=C\C)c2)ccc1OS(=O)(=O)c1ccc(F)cc1. The Morgan fingerprint density at radius 2 is 0.900 bits per heavy atom. The predicted octanol–water partition coefficient (Wildman–Crippen LogP) is 7.23. The quantitative estimate of drug-likeness (QED) is 0.194. The fourth-order valence-corrected chi connectivity index (χ4v) is 5.67. The highest BCUT2D eigenvalue weighted by molar-refractivity contribution is 7.87. The third kappa shape index (κ3) is 6.64. The second-order valence-corrected chi connectivity index (χ2v) is 11.6. The van der Waals surface area contributed by atoms with Crippen LogP contribution in [0, 0.1) is 11.6 Å². The Morgan fingerprint density at radius 1 is 0.550 bits per heavy atom. The summed E-state index contributed by atoms with van der Waals surface area (Å²) in [5.74, 6) is -0.991. The summed E-state index contributed by atoms with van der Waals surface area (Å²) in [4.78, 5) is -0.377. The van der Waals surface area contributed by atoms with Crippen molar-refractivity contribution in [1.29, 1.82) is 0 Å². The van der Waals surface area contributed by atoms with Crippen LogP contribution < -0.4 is 8.37 Å². The van der Waals surface area contributed by atoms with Crippen molar-refractivity contribution in [2.75, 3.05) is 0 Å². The largest absolute Gasteiger partial charge is 0.378 e. The molecule has 0 aromatic heterocycles. The molecule has 6 nitrogen and oxygen atoms in total. The van der Waals surface area contributed by atoms with Crippen LogP contribution >= 0.6 is 0 Å². The number of rotatable bonds is 9. The van der Waals surface area contributed by atoms with E-state index in [1.165, 1.54) is 12.1 Å². The van der Waals surface area contributed by atoms with E-state index in [1.54, 1.807) is 62.4 Å². The van der Waals surface area contributed by atoms with Crippen LogP contribution in [0.25, 0.3) is 23.3 Å². The van der Waals surface area contributed by atoms with Crippen molar-refractivity contribution in [2.24, 2.45) is 0 Å². The summed E-state index contributed by atoms with van der Waals surface area (Å²) < 4.78 is 88.2. The lowest BCUT2D eigenvalue weighted by Crippen LogP contribution is -2.11. The molecule has 0 amide bonds. The van der Waals surface area contributed by atoms with Gasteiger partial charge in [-0.1, -0.05) is 36.4 Å². The van der Waals surface area contributed by atoms with Crippen molar-refractivity contribution in [3.63, 3.8) is 0 Å². The van der Waals surface area contributed by atoms with E-state index in [-0.39, 0.29) is 21.3 Å². The average Bonchev–Trinajstić information content (AvgIpc) is 2.91. The molecule has 0 saturated carbocycles. The van der Waals surface area contributed by atoms with Crippen molar-refractivity contribution in [3.05, 3.63) is 120 Å². The van der Waals surface area contributed by atoms with Gasteiger partial charge in [0.1, 0.15) is 32.9 Å².